The maximum absolute atomic E-state index is 11.2. The smallest absolute Gasteiger partial charge is 0.327 e. The third kappa shape index (κ3) is 5.99. The Bertz CT molecular complexity index is 635. The maximum Gasteiger partial charge on any atom is 0.327 e. The van der Waals surface area contributed by atoms with E-state index in [1.807, 2.05) is 0 Å². The molecule has 0 aliphatic heterocycles. The number of carbonyl (C=O) groups is 3. The monoisotopic (exact) mass is 356 g/mol. The van der Waals surface area contributed by atoms with Crippen molar-refractivity contribution < 1.29 is 29.3 Å². The first-order valence-electron chi connectivity index (χ1n) is 7.14. The molecule has 1 unspecified atom stereocenters. The summed E-state index contributed by atoms with van der Waals surface area (Å²) in [5.74, 6) is -1.91. The highest BCUT2D eigenvalue weighted by Crippen LogP contribution is 2.40. The van der Waals surface area contributed by atoms with Gasteiger partial charge in [0.05, 0.1) is 11.5 Å². The first-order chi connectivity index (χ1) is 11.2. The molecule has 0 aliphatic carbocycles. The predicted octanol–water partition coefficient (Wildman–Crippen LogP) is 1.43. The molecule has 0 aromatic heterocycles. The highest BCUT2D eigenvalue weighted by Gasteiger charge is 2.20. The number of amides is 2. The second-order valence-electron chi connectivity index (χ2n) is 4.84. The number of hydrogen-bond acceptors (Lipinski definition) is 6. The number of aromatic hydroxyl groups is 1. The van der Waals surface area contributed by atoms with Gasteiger partial charge in [0.15, 0.2) is 11.5 Å². The van der Waals surface area contributed by atoms with E-state index in [0.29, 0.717) is 17.2 Å². The largest absolute Gasteiger partial charge is 0.503 e. The Balaban J connectivity index is 3.03. The summed E-state index contributed by atoms with van der Waals surface area (Å²) in [5.41, 5.74) is 0.414. The minimum absolute atomic E-state index is 0.00242. The summed E-state index contributed by atoms with van der Waals surface area (Å²) >= 11 is 1.03. The Hall–Kier alpha value is -2.42. The van der Waals surface area contributed by atoms with Gasteiger partial charge in [-0.25, -0.2) is 4.79 Å². The van der Waals surface area contributed by atoms with E-state index in [1.165, 1.54) is 26.0 Å². The molecule has 0 bridgehead atoms. The van der Waals surface area contributed by atoms with Gasteiger partial charge in [-0.3, -0.25) is 9.59 Å². The van der Waals surface area contributed by atoms with E-state index in [-0.39, 0.29) is 23.2 Å². The van der Waals surface area contributed by atoms with Crippen LogP contribution in [-0.2, 0) is 14.4 Å². The molecule has 0 heterocycles. The van der Waals surface area contributed by atoms with Crippen molar-refractivity contribution in [3.05, 3.63) is 12.1 Å². The molecule has 1 aromatic rings. The van der Waals surface area contributed by atoms with Gasteiger partial charge >= 0.3 is 5.97 Å². The van der Waals surface area contributed by atoms with E-state index < -0.39 is 17.9 Å². The molecule has 1 atom stereocenters. The number of hydrogen-bond donors (Lipinski definition) is 4. The van der Waals surface area contributed by atoms with Gasteiger partial charge < -0.3 is 25.6 Å². The number of thioether (sulfide) groups is 1. The molecule has 0 aliphatic rings. The Labute approximate surface area is 143 Å². The molecular weight excluding hydrogens is 336 g/mol. The summed E-state index contributed by atoms with van der Waals surface area (Å²) in [6.07, 6.45) is 0. The van der Waals surface area contributed by atoms with Crippen LogP contribution in [0.1, 0.15) is 20.8 Å². The number of benzene rings is 1. The van der Waals surface area contributed by atoms with Crippen LogP contribution in [-0.4, -0.2) is 46.4 Å². The molecule has 2 amide bonds. The van der Waals surface area contributed by atoms with Crippen molar-refractivity contribution in [2.24, 2.45) is 0 Å². The van der Waals surface area contributed by atoms with Gasteiger partial charge in [0.25, 0.3) is 0 Å². The number of ether oxygens (including phenoxy) is 1. The SMILES string of the molecule is CCOc1cc(NC(C)=O)cc(SCC(NC(C)=O)C(=O)O)c1O. The van der Waals surface area contributed by atoms with E-state index in [4.69, 9.17) is 9.84 Å². The van der Waals surface area contributed by atoms with E-state index in [2.05, 4.69) is 10.6 Å². The number of carboxylic acid groups (broad SMARTS) is 1. The average molecular weight is 356 g/mol. The van der Waals surface area contributed by atoms with Crippen LogP contribution in [0.5, 0.6) is 11.5 Å². The van der Waals surface area contributed by atoms with Crippen molar-refractivity contribution in [3.8, 4) is 11.5 Å². The molecule has 132 valence electrons. The van der Waals surface area contributed by atoms with E-state index in [0.717, 1.165) is 11.8 Å². The third-order valence-corrected chi connectivity index (χ3v) is 3.86. The van der Waals surface area contributed by atoms with E-state index in [9.17, 15) is 19.5 Å². The van der Waals surface area contributed by atoms with Crippen molar-refractivity contribution in [3.63, 3.8) is 0 Å². The van der Waals surface area contributed by atoms with E-state index >= 15 is 0 Å². The van der Waals surface area contributed by atoms with Gasteiger partial charge in [-0.15, -0.1) is 11.8 Å². The minimum atomic E-state index is -1.18. The van der Waals surface area contributed by atoms with Crippen LogP contribution in [0, 0.1) is 0 Å². The molecule has 8 nitrogen and oxygen atoms in total. The van der Waals surface area contributed by atoms with Crippen LogP contribution in [0.4, 0.5) is 5.69 Å². The summed E-state index contributed by atoms with van der Waals surface area (Å²) in [7, 11) is 0. The summed E-state index contributed by atoms with van der Waals surface area (Å²) in [6.45, 7) is 4.62. The quantitative estimate of drug-likeness (QED) is 0.410. The van der Waals surface area contributed by atoms with Gasteiger partial charge in [-0.05, 0) is 13.0 Å². The second-order valence-corrected chi connectivity index (χ2v) is 5.90. The van der Waals surface area contributed by atoms with Crippen molar-refractivity contribution in [1.82, 2.24) is 5.32 Å². The zero-order chi connectivity index (χ0) is 18.3. The van der Waals surface area contributed by atoms with Gasteiger partial charge in [-0.2, -0.15) is 0 Å². The summed E-state index contributed by atoms with van der Waals surface area (Å²) in [6, 6.07) is 1.88. The Morgan fingerprint density at radius 2 is 1.92 bits per heavy atom. The number of aliphatic carboxylic acids is 1. The normalized spacial score (nSPS) is 11.5. The van der Waals surface area contributed by atoms with Crippen LogP contribution in [0.2, 0.25) is 0 Å². The highest BCUT2D eigenvalue weighted by atomic mass is 32.2. The fraction of sp³-hybridized carbons (Fsp3) is 0.400. The molecule has 1 rings (SSSR count). The van der Waals surface area contributed by atoms with Crippen LogP contribution in [0.3, 0.4) is 0 Å². The Morgan fingerprint density at radius 3 is 2.42 bits per heavy atom. The molecule has 24 heavy (non-hydrogen) atoms. The van der Waals surface area contributed by atoms with Gasteiger partial charge in [0.2, 0.25) is 11.8 Å². The number of carboxylic acids is 1. The lowest BCUT2D eigenvalue weighted by Crippen LogP contribution is -2.41. The number of anilines is 1. The molecule has 0 saturated heterocycles. The highest BCUT2D eigenvalue weighted by molar-refractivity contribution is 7.99. The van der Waals surface area contributed by atoms with Crippen molar-refractivity contribution in [2.45, 2.75) is 31.7 Å². The van der Waals surface area contributed by atoms with Crippen LogP contribution in [0.15, 0.2) is 17.0 Å². The lowest BCUT2D eigenvalue weighted by atomic mass is 10.2. The zero-order valence-electron chi connectivity index (χ0n) is 13.6. The Morgan fingerprint density at radius 1 is 1.25 bits per heavy atom. The predicted molar refractivity (Wildman–Crippen MR) is 89.5 cm³/mol. The van der Waals surface area contributed by atoms with Crippen LogP contribution in [0.25, 0.3) is 0 Å². The van der Waals surface area contributed by atoms with E-state index in [1.54, 1.807) is 6.92 Å². The molecule has 9 heteroatoms. The zero-order valence-corrected chi connectivity index (χ0v) is 14.4. The van der Waals surface area contributed by atoms with Crippen molar-refractivity contribution in [1.29, 1.82) is 0 Å². The fourth-order valence-electron chi connectivity index (χ4n) is 1.83. The number of nitrogens with one attached hydrogen (secondary N) is 2. The minimum Gasteiger partial charge on any atom is -0.503 e. The first-order valence-corrected chi connectivity index (χ1v) is 8.13. The van der Waals surface area contributed by atoms with Gasteiger partial charge in [-0.1, -0.05) is 0 Å². The third-order valence-electron chi connectivity index (χ3n) is 2.74. The second kappa shape index (κ2) is 9.02. The first kappa shape index (κ1) is 19.6. The average Bonchev–Trinajstić information content (AvgIpc) is 2.46. The number of carbonyl (C=O) groups excluding carboxylic acids is 2. The Kier molecular flexibility index (Phi) is 7.37. The topological polar surface area (TPSA) is 125 Å². The lowest BCUT2D eigenvalue weighted by Gasteiger charge is -2.16. The molecule has 0 saturated carbocycles. The van der Waals surface area contributed by atoms with Crippen LogP contribution >= 0.6 is 11.8 Å². The summed E-state index contributed by atoms with van der Waals surface area (Å²) in [4.78, 5) is 33.7. The maximum atomic E-state index is 11.2. The van der Waals surface area contributed by atoms with Crippen molar-refractivity contribution >= 4 is 35.2 Å². The standard InChI is InChI=1S/C15H20N2O6S/c1-4-23-12-5-10(16-8(2)18)6-13(14(12)20)24-7-11(15(21)22)17-9(3)19/h5-6,11,20H,4,7H2,1-3H3,(H,16,18)(H,17,19)(H,21,22). The number of rotatable bonds is 8. The molecule has 0 spiro atoms. The van der Waals surface area contributed by atoms with Gasteiger partial charge in [0.1, 0.15) is 6.04 Å². The van der Waals surface area contributed by atoms with Crippen LogP contribution < -0.4 is 15.4 Å². The molecule has 0 radical (unpaired) electrons. The summed E-state index contributed by atoms with van der Waals surface area (Å²) < 4.78 is 5.32. The number of phenolic OH excluding ortho intramolecular Hbond substituents is 1. The fourth-order valence-corrected chi connectivity index (χ4v) is 2.85. The van der Waals surface area contributed by atoms with Crippen molar-refractivity contribution in [2.75, 3.05) is 17.7 Å². The molecule has 0 fully saturated rings. The molecule has 1 aromatic carbocycles. The molecular formula is C15H20N2O6S. The lowest BCUT2D eigenvalue weighted by molar-refractivity contribution is -0.140. The number of phenols is 1. The summed E-state index contributed by atoms with van der Waals surface area (Å²) in [5, 5.41) is 24.2. The molecule has 4 N–H and O–H groups in total. The van der Waals surface area contributed by atoms with Gasteiger partial charge in [0, 0.05) is 31.4 Å².